The van der Waals surface area contributed by atoms with Gasteiger partial charge in [-0.25, -0.2) is 0 Å². The van der Waals surface area contributed by atoms with E-state index >= 15 is 0 Å². The maximum Gasteiger partial charge on any atom is 0.0846 e. The normalized spacial score (nSPS) is 17.8. The molecular formula is C19H24P+. The number of benzene rings is 2. The van der Waals surface area contributed by atoms with Gasteiger partial charge in [-0.15, -0.1) is 0 Å². The van der Waals surface area contributed by atoms with Gasteiger partial charge in [0.05, 0.1) is 24.6 Å². The Kier molecular flexibility index (Phi) is 4.53. The molecule has 1 fully saturated rings. The fourth-order valence-electron chi connectivity index (χ4n) is 3.50. The lowest BCUT2D eigenvalue weighted by molar-refractivity contribution is 0.739. The third-order valence-corrected chi connectivity index (χ3v) is 9.09. The van der Waals surface area contributed by atoms with Gasteiger partial charge in [-0.3, -0.25) is 0 Å². The van der Waals surface area contributed by atoms with Gasteiger partial charge in [-0.1, -0.05) is 60.7 Å². The monoisotopic (exact) mass is 283 g/mol. The molecule has 0 nitrogen and oxygen atoms in total. The van der Waals surface area contributed by atoms with Gasteiger partial charge in [0.1, 0.15) is 0 Å². The van der Waals surface area contributed by atoms with E-state index < -0.39 is 7.26 Å². The van der Waals surface area contributed by atoms with Crippen molar-refractivity contribution >= 4 is 7.26 Å². The van der Waals surface area contributed by atoms with Crippen LogP contribution >= 0.6 is 7.26 Å². The van der Waals surface area contributed by atoms with Gasteiger partial charge in [-0.05, 0) is 30.4 Å². The first-order valence-electron chi connectivity index (χ1n) is 7.79. The highest BCUT2D eigenvalue weighted by molar-refractivity contribution is 7.74. The fraction of sp³-hybridized carbons (Fsp3) is 0.368. The van der Waals surface area contributed by atoms with Crippen molar-refractivity contribution in [1.82, 2.24) is 0 Å². The van der Waals surface area contributed by atoms with Crippen molar-refractivity contribution in [3.8, 4) is 0 Å². The SMILES string of the molecule is c1ccc(C[P+]2(Cc3ccccc3)CCCCC2)cc1. The van der Waals surface area contributed by atoms with Crippen LogP contribution in [-0.4, -0.2) is 12.3 Å². The number of hydrogen-bond donors (Lipinski definition) is 0. The summed E-state index contributed by atoms with van der Waals surface area (Å²) >= 11 is 0. The summed E-state index contributed by atoms with van der Waals surface area (Å²) in [7, 11) is -0.834. The Hall–Kier alpha value is -1.13. The Labute approximate surface area is 123 Å². The van der Waals surface area contributed by atoms with Crippen molar-refractivity contribution < 1.29 is 0 Å². The minimum Gasteiger partial charge on any atom is -0.0622 e. The molecule has 0 bridgehead atoms. The third kappa shape index (κ3) is 3.49. The van der Waals surface area contributed by atoms with E-state index in [1.807, 2.05) is 0 Å². The van der Waals surface area contributed by atoms with E-state index in [-0.39, 0.29) is 0 Å². The average Bonchev–Trinajstić information content (AvgIpc) is 2.50. The predicted molar refractivity (Wildman–Crippen MR) is 90.8 cm³/mol. The molecule has 1 aliphatic rings. The highest BCUT2D eigenvalue weighted by atomic mass is 31.2. The first-order valence-corrected chi connectivity index (χ1v) is 10.3. The molecule has 0 amide bonds. The molecule has 1 aliphatic heterocycles. The average molecular weight is 283 g/mol. The van der Waals surface area contributed by atoms with Gasteiger partial charge in [0.15, 0.2) is 0 Å². The zero-order valence-corrected chi connectivity index (χ0v) is 13.1. The van der Waals surface area contributed by atoms with Crippen LogP contribution in [-0.2, 0) is 12.3 Å². The highest BCUT2D eigenvalue weighted by Crippen LogP contribution is 2.66. The van der Waals surface area contributed by atoms with Crippen LogP contribution in [0.15, 0.2) is 60.7 Å². The molecule has 2 aromatic carbocycles. The smallest absolute Gasteiger partial charge is 0.0622 e. The van der Waals surface area contributed by atoms with Crippen molar-refractivity contribution in [3.63, 3.8) is 0 Å². The van der Waals surface area contributed by atoms with Gasteiger partial charge in [0.2, 0.25) is 0 Å². The predicted octanol–water partition coefficient (Wildman–Crippen LogP) is 5.59. The molecule has 2 aromatic rings. The second-order valence-electron chi connectivity index (χ2n) is 6.14. The molecule has 0 saturated carbocycles. The number of hydrogen-bond acceptors (Lipinski definition) is 0. The van der Waals surface area contributed by atoms with Gasteiger partial charge < -0.3 is 0 Å². The second-order valence-corrected chi connectivity index (χ2v) is 10.3. The maximum atomic E-state index is 2.32. The largest absolute Gasteiger partial charge is 0.0846 e. The van der Waals surface area contributed by atoms with E-state index in [0.29, 0.717) is 0 Å². The molecule has 0 radical (unpaired) electrons. The van der Waals surface area contributed by atoms with Crippen LogP contribution in [0.4, 0.5) is 0 Å². The minimum absolute atomic E-state index is 0.834. The van der Waals surface area contributed by atoms with Gasteiger partial charge >= 0.3 is 0 Å². The van der Waals surface area contributed by atoms with Crippen LogP contribution < -0.4 is 0 Å². The van der Waals surface area contributed by atoms with Crippen molar-refractivity contribution in [3.05, 3.63) is 71.8 Å². The van der Waals surface area contributed by atoms with E-state index in [4.69, 9.17) is 0 Å². The van der Waals surface area contributed by atoms with Crippen LogP contribution in [0.5, 0.6) is 0 Å². The summed E-state index contributed by atoms with van der Waals surface area (Å²) in [6, 6.07) is 22.3. The summed E-state index contributed by atoms with van der Waals surface area (Å²) in [5.74, 6) is 0. The van der Waals surface area contributed by atoms with E-state index in [1.54, 1.807) is 11.1 Å². The summed E-state index contributed by atoms with van der Waals surface area (Å²) in [5, 5.41) is 0. The third-order valence-electron chi connectivity index (χ3n) is 4.49. The molecule has 0 N–H and O–H groups in total. The van der Waals surface area contributed by atoms with Crippen molar-refractivity contribution in [2.24, 2.45) is 0 Å². The lowest BCUT2D eigenvalue weighted by Crippen LogP contribution is -2.14. The molecule has 1 saturated heterocycles. The van der Waals surface area contributed by atoms with Crippen LogP contribution in [0, 0.1) is 0 Å². The Morgan fingerprint density at radius 1 is 0.600 bits per heavy atom. The van der Waals surface area contributed by atoms with Crippen molar-refractivity contribution in [1.29, 1.82) is 0 Å². The first kappa shape index (κ1) is 13.8. The second kappa shape index (κ2) is 6.55. The summed E-state index contributed by atoms with van der Waals surface area (Å²) in [5.41, 5.74) is 3.11. The molecule has 0 unspecified atom stereocenters. The molecule has 0 atom stereocenters. The van der Waals surface area contributed by atoms with Crippen molar-refractivity contribution in [2.75, 3.05) is 12.3 Å². The summed E-state index contributed by atoms with van der Waals surface area (Å²) < 4.78 is 0. The van der Waals surface area contributed by atoms with Crippen LogP contribution in [0.1, 0.15) is 30.4 Å². The summed E-state index contributed by atoms with van der Waals surface area (Å²) in [6.45, 7) is 0. The Balaban J connectivity index is 1.81. The molecule has 1 heterocycles. The van der Waals surface area contributed by atoms with Crippen molar-refractivity contribution in [2.45, 2.75) is 31.6 Å². The molecule has 0 spiro atoms. The van der Waals surface area contributed by atoms with Crippen LogP contribution in [0.3, 0.4) is 0 Å². The van der Waals surface area contributed by atoms with E-state index in [1.165, 1.54) is 43.9 Å². The minimum atomic E-state index is -0.834. The zero-order valence-electron chi connectivity index (χ0n) is 12.2. The quantitative estimate of drug-likeness (QED) is 0.642. The van der Waals surface area contributed by atoms with E-state index in [0.717, 1.165) is 0 Å². The standard InChI is InChI=1S/C19H24P/c1-4-10-18(11-5-1)16-20(14-8-3-9-15-20)17-19-12-6-2-7-13-19/h1-2,4-7,10-13H,3,8-9,14-17H2/q+1. The molecule has 0 aliphatic carbocycles. The van der Waals surface area contributed by atoms with Gasteiger partial charge in [0, 0.05) is 7.26 Å². The molecule has 3 rings (SSSR count). The van der Waals surface area contributed by atoms with Gasteiger partial charge in [-0.2, -0.15) is 0 Å². The lowest BCUT2D eigenvalue weighted by atomic mass is 10.2. The number of rotatable bonds is 4. The fourth-order valence-corrected chi connectivity index (χ4v) is 8.22. The topological polar surface area (TPSA) is 0 Å². The van der Waals surface area contributed by atoms with E-state index in [9.17, 15) is 0 Å². The zero-order chi connectivity index (χ0) is 13.7. The summed E-state index contributed by atoms with van der Waals surface area (Å²) in [4.78, 5) is 0. The maximum absolute atomic E-state index is 2.32. The lowest BCUT2D eigenvalue weighted by Gasteiger charge is -2.31. The Bertz CT molecular complexity index is 468. The van der Waals surface area contributed by atoms with Gasteiger partial charge in [0.25, 0.3) is 0 Å². The molecule has 1 heteroatoms. The van der Waals surface area contributed by atoms with Crippen LogP contribution in [0.25, 0.3) is 0 Å². The first-order chi connectivity index (χ1) is 9.86. The summed E-state index contributed by atoms with van der Waals surface area (Å²) in [6.07, 6.45) is 10.0. The molecule has 0 aromatic heterocycles. The molecule has 20 heavy (non-hydrogen) atoms. The Morgan fingerprint density at radius 3 is 1.50 bits per heavy atom. The highest BCUT2D eigenvalue weighted by Gasteiger charge is 2.38. The van der Waals surface area contributed by atoms with E-state index in [2.05, 4.69) is 60.7 Å². The van der Waals surface area contributed by atoms with Crippen LogP contribution in [0.2, 0.25) is 0 Å². The molecular weight excluding hydrogens is 259 g/mol. The molecule has 104 valence electrons. The Morgan fingerprint density at radius 2 is 1.05 bits per heavy atom.